The SMILES string of the molecule is CSCCOCC/C(C=NCCOCCNC(=O)CCC(NC(=O)c1ccc(N(C)Cc2cnc3nc(N)nc(N)c3n2)cc1)C(=O)O)=N/N. The van der Waals surface area contributed by atoms with Gasteiger partial charge in [0.15, 0.2) is 17.0 Å². The number of hydrogen-bond acceptors (Lipinski definition) is 16. The second-order valence-electron chi connectivity index (χ2n) is 10.8. The normalized spacial score (nSPS) is 12.2. The van der Waals surface area contributed by atoms with Crippen LogP contribution < -0.4 is 32.8 Å². The number of nitrogens with two attached hydrogens (primary N) is 3. The number of fused-ring (bicyclic) bond motifs is 1. The van der Waals surface area contributed by atoms with E-state index < -0.39 is 17.9 Å². The molecule has 0 bridgehead atoms. The van der Waals surface area contributed by atoms with Gasteiger partial charge in [-0.3, -0.25) is 14.6 Å². The second kappa shape index (κ2) is 21.1. The van der Waals surface area contributed by atoms with Crippen LogP contribution in [0, 0.1) is 0 Å². The summed E-state index contributed by atoms with van der Waals surface area (Å²) in [6, 6.07) is 5.33. The summed E-state index contributed by atoms with van der Waals surface area (Å²) >= 11 is 1.71. The van der Waals surface area contributed by atoms with Crippen molar-refractivity contribution in [2.75, 3.05) is 74.9 Å². The largest absolute Gasteiger partial charge is 0.480 e. The van der Waals surface area contributed by atoms with Crippen molar-refractivity contribution in [1.82, 2.24) is 30.6 Å². The average molecular weight is 713 g/mol. The Bertz CT molecular complexity index is 1630. The van der Waals surface area contributed by atoms with Crippen LogP contribution in [0.5, 0.6) is 0 Å². The molecule has 18 nitrogen and oxygen atoms in total. The number of aromatic nitrogens is 4. The number of nitrogen functional groups attached to an aromatic ring is 2. The number of nitrogens with zero attached hydrogens (tertiary/aromatic N) is 7. The molecule has 9 N–H and O–H groups in total. The number of hydrazone groups is 1. The van der Waals surface area contributed by atoms with Crippen LogP contribution in [0.25, 0.3) is 11.2 Å². The summed E-state index contributed by atoms with van der Waals surface area (Å²) in [6.45, 7) is 2.76. The number of ether oxygens (including phenoxy) is 2. The zero-order chi connectivity index (χ0) is 36.3. The monoisotopic (exact) mass is 712 g/mol. The van der Waals surface area contributed by atoms with Gasteiger partial charge >= 0.3 is 5.97 Å². The molecule has 0 saturated carbocycles. The maximum absolute atomic E-state index is 12.8. The molecule has 0 aliphatic rings. The van der Waals surface area contributed by atoms with Crippen molar-refractivity contribution in [3.05, 3.63) is 41.7 Å². The summed E-state index contributed by atoms with van der Waals surface area (Å²) in [7, 11) is 1.83. The Labute approximate surface area is 293 Å². The van der Waals surface area contributed by atoms with Crippen LogP contribution in [-0.2, 0) is 25.6 Å². The number of rotatable bonds is 22. The van der Waals surface area contributed by atoms with Gasteiger partial charge < -0.3 is 47.4 Å². The van der Waals surface area contributed by atoms with Crippen LogP contribution in [0.15, 0.2) is 40.6 Å². The van der Waals surface area contributed by atoms with Crippen molar-refractivity contribution >= 4 is 70.1 Å². The van der Waals surface area contributed by atoms with E-state index in [2.05, 4.69) is 40.7 Å². The lowest BCUT2D eigenvalue weighted by Gasteiger charge is -2.19. The van der Waals surface area contributed by atoms with Gasteiger partial charge in [-0.05, 0) is 36.9 Å². The second-order valence-corrected chi connectivity index (χ2v) is 11.8. The predicted molar refractivity (Wildman–Crippen MR) is 193 cm³/mol. The van der Waals surface area contributed by atoms with E-state index in [1.54, 1.807) is 48.4 Å². The summed E-state index contributed by atoms with van der Waals surface area (Å²) < 4.78 is 10.9. The van der Waals surface area contributed by atoms with Crippen molar-refractivity contribution in [2.24, 2.45) is 15.9 Å². The number of carbonyl (C=O) groups excluding carboxylic acids is 2. The smallest absolute Gasteiger partial charge is 0.326 e. The first-order chi connectivity index (χ1) is 24.1. The fourth-order valence-electron chi connectivity index (χ4n) is 4.36. The summed E-state index contributed by atoms with van der Waals surface area (Å²) in [5, 5.41) is 18.5. The van der Waals surface area contributed by atoms with E-state index in [1.165, 1.54) is 0 Å². The Balaban J connectivity index is 1.35. The van der Waals surface area contributed by atoms with E-state index in [4.69, 9.17) is 26.8 Å². The summed E-state index contributed by atoms with van der Waals surface area (Å²) in [4.78, 5) is 59.7. The Morgan fingerprint density at radius 3 is 2.54 bits per heavy atom. The number of aliphatic carboxylic acids is 1. The quantitative estimate of drug-likeness (QED) is 0.0358. The number of thioether (sulfide) groups is 1. The number of aliphatic imine (C=N–C) groups is 1. The molecule has 3 aromatic rings. The Morgan fingerprint density at radius 2 is 1.82 bits per heavy atom. The summed E-state index contributed by atoms with van der Waals surface area (Å²) in [5.41, 5.74) is 14.4. The van der Waals surface area contributed by atoms with E-state index in [-0.39, 0.29) is 49.2 Å². The summed E-state index contributed by atoms with van der Waals surface area (Å²) in [6.07, 6.45) is 5.54. The lowest BCUT2D eigenvalue weighted by molar-refractivity contribution is -0.139. The molecule has 0 radical (unpaired) electrons. The highest BCUT2D eigenvalue weighted by Gasteiger charge is 2.22. The lowest BCUT2D eigenvalue weighted by Crippen LogP contribution is -2.41. The van der Waals surface area contributed by atoms with Gasteiger partial charge in [-0.25, -0.2) is 14.8 Å². The number of carboxylic acid groups (broad SMARTS) is 1. The summed E-state index contributed by atoms with van der Waals surface area (Å²) in [5.74, 6) is 4.26. The first kappa shape index (κ1) is 39.3. The maximum Gasteiger partial charge on any atom is 0.326 e. The highest BCUT2D eigenvalue weighted by molar-refractivity contribution is 7.98. The van der Waals surface area contributed by atoms with E-state index in [0.29, 0.717) is 61.9 Å². The van der Waals surface area contributed by atoms with Crippen LogP contribution in [0.3, 0.4) is 0 Å². The van der Waals surface area contributed by atoms with Crippen LogP contribution in [0.2, 0.25) is 0 Å². The molecule has 0 aliphatic carbocycles. The van der Waals surface area contributed by atoms with E-state index >= 15 is 0 Å². The Morgan fingerprint density at radius 1 is 1.06 bits per heavy atom. The number of carbonyl (C=O) groups is 3. The number of carboxylic acids is 1. The number of benzene rings is 1. The lowest BCUT2D eigenvalue weighted by atomic mass is 10.1. The van der Waals surface area contributed by atoms with Crippen molar-refractivity contribution in [2.45, 2.75) is 31.8 Å². The molecule has 2 amide bonds. The van der Waals surface area contributed by atoms with Gasteiger partial charge in [0, 0.05) is 49.7 Å². The van der Waals surface area contributed by atoms with Crippen molar-refractivity contribution in [3.8, 4) is 0 Å². The van der Waals surface area contributed by atoms with Crippen molar-refractivity contribution in [3.63, 3.8) is 0 Å². The van der Waals surface area contributed by atoms with Gasteiger partial charge in [-0.1, -0.05) is 0 Å². The number of anilines is 3. The van der Waals surface area contributed by atoms with Gasteiger partial charge in [-0.2, -0.15) is 26.8 Å². The Kier molecular flexibility index (Phi) is 16.5. The maximum atomic E-state index is 12.8. The highest BCUT2D eigenvalue weighted by atomic mass is 32.2. The molecular formula is C31H44N12O6S. The van der Waals surface area contributed by atoms with Crippen LogP contribution in [-0.4, -0.2) is 119 Å². The van der Waals surface area contributed by atoms with Gasteiger partial charge in [-0.15, -0.1) is 0 Å². The molecule has 0 spiro atoms. The van der Waals surface area contributed by atoms with Crippen LogP contribution in [0.4, 0.5) is 17.5 Å². The molecule has 270 valence electrons. The van der Waals surface area contributed by atoms with Gasteiger partial charge in [0.05, 0.1) is 57.1 Å². The topological polar surface area (TPSA) is 272 Å². The molecule has 0 aliphatic heterocycles. The standard InChI is InChI=1S/C31H44N12O6S/c1-43(19-22-18-37-28-26(38-22)27(32)40-31(33)41-28)23-5-3-20(4-6-23)29(45)39-24(30(46)47)7-8-25(44)36-11-14-49-13-10-35-17-21(42-34)9-12-48-15-16-50-2/h3-6,17-18,24H,7-16,19,34H2,1-2H3,(H,36,44)(H,39,45)(H,46,47)(H4,32,33,37,40,41)/b35-17?,42-21-. The minimum atomic E-state index is -1.26. The average Bonchev–Trinajstić information content (AvgIpc) is 3.10. The number of nitrogens with one attached hydrogen (secondary N) is 2. The molecular weight excluding hydrogens is 668 g/mol. The fraction of sp³-hybridized carbons (Fsp3) is 0.452. The highest BCUT2D eigenvalue weighted by Crippen LogP contribution is 2.19. The zero-order valence-corrected chi connectivity index (χ0v) is 28.9. The first-order valence-corrected chi connectivity index (χ1v) is 17.1. The third kappa shape index (κ3) is 13.4. The fourth-order valence-corrected chi connectivity index (χ4v) is 4.64. The van der Waals surface area contributed by atoms with Crippen LogP contribution >= 0.6 is 11.8 Å². The number of amides is 2. The van der Waals surface area contributed by atoms with E-state index in [0.717, 1.165) is 11.4 Å². The minimum Gasteiger partial charge on any atom is -0.480 e. The van der Waals surface area contributed by atoms with Gasteiger partial charge in [0.25, 0.3) is 5.91 Å². The first-order valence-electron chi connectivity index (χ1n) is 15.7. The molecule has 1 aromatic carbocycles. The predicted octanol–water partition coefficient (Wildman–Crippen LogP) is 0.472. The molecule has 19 heteroatoms. The van der Waals surface area contributed by atoms with Gasteiger partial charge in [0.1, 0.15) is 6.04 Å². The van der Waals surface area contributed by atoms with E-state index in [1.807, 2.05) is 18.2 Å². The van der Waals surface area contributed by atoms with Crippen molar-refractivity contribution < 1.29 is 29.0 Å². The van der Waals surface area contributed by atoms with E-state index in [9.17, 15) is 19.5 Å². The molecule has 2 heterocycles. The van der Waals surface area contributed by atoms with Crippen LogP contribution in [0.1, 0.15) is 35.3 Å². The molecule has 2 aromatic heterocycles. The third-order valence-electron chi connectivity index (χ3n) is 7.01. The molecule has 1 atom stereocenters. The van der Waals surface area contributed by atoms with Gasteiger partial charge in [0.2, 0.25) is 11.9 Å². The Hall–Kier alpha value is -5.14. The third-order valence-corrected chi connectivity index (χ3v) is 7.58. The molecule has 0 saturated heterocycles. The molecule has 1 unspecified atom stereocenters. The minimum absolute atomic E-state index is 0.0122. The molecule has 3 rings (SSSR count). The molecule has 0 fully saturated rings. The van der Waals surface area contributed by atoms with Crippen molar-refractivity contribution in [1.29, 1.82) is 0 Å². The zero-order valence-electron chi connectivity index (χ0n) is 28.1. The number of hydrogen-bond donors (Lipinski definition) is 6. The molecule has 50 heavy (non-hydrogen) atoms.